The van der Waals surface area contributed by atoms with E-state index >= 15 is 0 Å². The van der Waals surface area contributed by atoms with Gasteiger partial charge in [-0.1, -0.05) is 19.0 Å². The van der Waals surface area contributed by atoms with Crippen LogP contribution in [0.1, 0.15) is 44.4 Å². The number of nitrogens with one attached hydrogen (secondary N) is 1. The number of fused-ring (bicyclic) bond motifs is 1. The lowest BCUT2D eigenvalue weighted by molar-refractivity contribution is -0.116. The Morgan fingerprint density at radius 2 is 1.93 bits per heavy atom. The van der Waals surface area contributed by atoms with Gasteiger partial charge in [-0.15, -0.1) is 0 Å². The average Bonchev–Trinajstić information content (AvgIpc) is 3.35. The van der Waals surface area contributed by atoms with E-state index in [1.165, 1.54) is 12.1 Å². The third kappa shape index (κ3) is 4.53. The number of hydrogen-bond donors (Lipinski definition) is 1. The normalized spacial score (nSPS) is 11.3. The number of oxazole rings is 1. The highest BCUT2D eigenvalue weighted by Gasteiger charge is 2.12. The van der Waals surface area contributed by atoms with Gasteiger partial charge in [-0.25, -0.2) is 9.37 Å². The highest BCUT2D eigenvalue weighted by molar-refractivity contribution is 5.92. The van der Waals surface area contributed by atoms with Crippen molar-refractivity contribution in [3.05, 3.63) is 60.1 Å². The summed E-state index contributed by atoms with van der Waals surface area (Å²) in [6.45, 7) is 4.03. The van der Waals surface area contributed by atoms with Crippen LogP contribution in [0.5, 0.6) is 0 Å². The van der Waals surface area contributed by atoms with Gasteiger partial charge in [0.1, 0.15) is 11.3 Å². The first-order chi connectivity index (χ1) is 14.5. The Hall–Kier alpha value is -3.55. The van der Waals surface area contributed by atoms with Crippen LogP contribution in [0.2, 0.25) is 0 Å². The van der Waals surface area contributed by atoms with Crippen LogP contribution in [0.15, 0.2) is 51.4 Å². The van der Waals surface area contributed by atoms with E-state index < -0.39 is 0 Å². The van der Waals surface area contributed by atoms with Crippen molar-refractivity contribution in [3.63, 3.8) is 0 Å². The molecule has 0 bridgehead atoms. The molecule has 1 N–H and O–H groups in total. The molecular formula is C22H21FN4O3. The van der Waals surface area contributed by atoms with Crippen molar-refractivity contribution in [3.8, 4) is 11.4 Å². The second kappa shape index (κ2) is 8.44. The first-order valence-corrected chi connectivity index (χ1v) is 9.77. The summed E-state index contributed by atoms with van der Waals surface area (Å²) in [6.07, 6.45) is 1.34. The van der Waals surface area contributed by atoms with E-state index in [1.807, 2.05) is 13.8 Å². The van der Waals surface area contributed by atoms with Gasteiger partial charge in [0.05, 0.1) is 0 Å². The predicted molar refractivity (Wildman–Crippen MR) is 109 cm³/mol. The molecule has 0 saturated carbocycles. The number of rotatable bonds is 7. The maximum absolute atomic E-state index is 13.0. The predicted octanol–water partition coefficient (Wildman–Crippen LogP) is 5.10. The molecule has 0 atom stereocenters. The molecular weight excluding hydrogens is 387 g/mol. The molecule has 4 aromatic rings. The van der Waals surface area contributed by atoms with E-state index in [0.717, 1.165) is 5.52 Å². The molecule has 0 saturated heterocycles. The monoisotopic (exact) mass is 408 g/mol. The van der Waals surface area contributed by atoms with Crippen molar-refractivity contribution in [2.24, 2.45) is 0 Å². The quantitative estimate of drug-likeness (QED) is 0.457. The summed E-state index contributed by atoms with van der Waals surface area (Å²) in [6, 6.07) is 11.3. The number of anilines is 1. The lowest BCUT2D eigenvalue weighted by Gasteiger charge is -2.04. The number of carbonyl (C=O) groups is 1. The summed E-state index contributed by atoms with van der Waals surface area (Å²) in [5.41, 5.74) is 2.77. The van der Waals surface area contributed by atoms with Gasteiger partial charge in [0.2, 0.25) is 17.6 Å². The highest BCUT2D eigenvalue weighted by atomic mass is 19.1. The van der Waals surface area contributed by atoms with Crippen LogP contribution in [-0.2, 0) is 11.2 Å². The molecule has 0 spiro atoms. The number of aryl methyl sites for hydroxylation is 1. The van der Waals surface area contributed by atoms with Crippen molar-refractivity contribution >= 4 is 22.7 Å². The van der Waals surface area contributed by atoms with Crippen molar-refractivity contribution in [2.75, 3.05) is 5.32 Å². The number of hydrogen-bond acceptors (Lipinski definition) is 6. The molecule has 4 rings (SSSR count). The Bertz CT molecular complexity index is 1160. The van der Waals surface area contributed by atoms with Crippen molar-refractivity contribution in [1.82, 2.24) is 15.1 Å². The highest BCUT2D eigenvalue weighted by Crippen LogP contribution is 2.24. The SMILES string of the molecule is CC(C)c1nc2cc(NC(=O)CCCc3nc(-c4ccc(F)cc4)no3)ccc2o1. The molecule has 0 aliphatic rings. The Balaban J connectivity index is 1.30. The molecule has 0 fully saturated rings. The van der Waals surface area contributed by atoms with Gasteiger partial charge in [-0.05, 0) is 48.9 Å². The zero-order valence-corrected chi connectivity index (χ0v) is 16.7. The Kier molecular flexibility index (Phi) is 5.56. The van der Waals surface area contributed by atoms with Gasteiger partial charge in [0, 0.05) is 30.0 Å². The topological polar surface area (TPSA) is 94.1 Å². The van der Waals surface area contributed by atoms with Crippen LogP contribution >= 0.6 is 0 Å². The van der Waals surface area contributed by atoms with Crippen LogP contribution in [0.25, 0.3) is 22.5 Å². The van der Waals surface area contributed by atoms with Crippen LogP contribution in [0.3, 0.4) is 0 Å². The standard InChI is InChI=1S/C22H21FN4O3/c1-13(2)22-25-17-12-16(10-11-18(17)29-22)24-19(28)4-3-5-20-26-21(27-30-20)14-6-8-15(23)9-7-14/h6-13H,3-5H2,1-2H3,(H,24,28). The Morgan fingerprint density at radius 1 is 1.13 bits per heavy atom. The van der Waals surface area contributed by atoms with Gasteiger partial charge in [0.25, 0.3) is 0 Å². The Labute approximate surface area is 172 Å². The van der Waals surface area contributed by atoms with Crippen LogP contribution in [0, 0.1) is 5.82 Å². The average molecular weight is 408 g/mol. The van der Waals surface area contributed by atoms with Gasteiger partial charge < -0.3 is 14.3 Å². The molecule has 2 heterocycles. The second-order valence-corrected chi connectivity index (χ2v) is 7.31. The lowest BCUT2D eigenvalue weighted by Crippen LogP contribution is -2.11. The smallest absolute Gasteiger partial charge is 0.226 e. The number of nitrogens with zero attached hydrogens (tertiary/aromatic N) is 3. The zero-order valence-electron chi connectivity index (χ0n) is 16.7. The summed E-state index contributed by atoms with van der Waals surface area (Å²) in [4.78, 5) is 21.0. The first-order valence-electron chi connectivity index (χ1n) is 9.77. The molecule has 7 nitrogen and oxygen atoms in total. The molecule has 0 unspecified atom stereocenters. The van der Waals surface area contributed by atoms with Crippen molar-refractivity contribution < 1.29 is 18.1 Å². The van der Waals surface area contributed by atoms with E-state index in [4.69, 9.17) is 8.94 Å². The van der Waals surface area contributed by atoms with Crippen LogP contribution in [-0.4, -0.2) is 21.0 Å². The fourth-order valence-corrected chi connectivity index (χ4v) is 2.97. The minimum atomic E-state index is -0.323. The summed E-state index contributed by atoms with van der Waals surface area (Å²) in [5, 5.41) is 6.77. The second-order valence-electron chi connectivity index (χ2n) is 7.31. The van der Waals surface area contributed by atoms with E-state index in [0.29, 0.717) is 53.7 Å². The number of halogens is 1. The molecule has 0 radical (unpaired) electrons. The van der Waals surface area contributed by atoms with Crippen LogP contribution in [0.4, 0.5) is 10.1 Å². The fraction of sp³-hybridized carbons (Fsp3) is 0.273. The van der Waals surface area contributed by atoms with Gasteiger partial charge in [0.15, 0.2) is 11.5 Å². The minimum absolute atomic E-state index is 0.111. The molecule has 2 aromatic carbocycles. The summed E-state index contributed by atoms with van der Waals surface area (Å²) >= 11 is 0. The van der Waals surface area contributed by atoms with Crippen LogP contribution < -0.4 is 5.32 Å². The number of benzene rings is 2. The Morgan fingerprint density at radius 3 is 2.70 bits per heavy atom. The zero-order chi connectivity index (χ0) is 21.1. The van der Waals surface area contributed by atoms with Crippen molar-refractivity contribution in [1.29, 1.82) is 0 Å². The third-order valence-corrected chi connectivity index (χ3v) is 4.55. The first kappa shape index (κ1) is 19.8. The molecule has 8 heteroatoms. The fourth-order valence-electron chi connectivity index (χ4n) is 2.97. The molecule has 154 valence electrons. The largest absolute Gasteiger partial charge is 0.440 e. The van der Waals surface area contributed by atoms with Crippen molar-refractivity contribution in [2.45, 2.75) is 39.0 Å². The summed E-state index contributed by atoms with van der Waals surface area (Å²) in [7, 11) is 0. The maximum atomic E-state index is 13.0. The number of carbonyl (C=O) groups excluding carboxylic acids is 1. The third-order valence-electron chi connectivity index (χ3n) is 4.55. The van der Waals surface area contributed by atoms with E-state index in [2.05, 4.69) is 20.4 Å². The number of aromatic nitrogens is 3. The van der Waals surface area contributed by atoms with Gasteiger partial charge in [-0.3, -0.25) is 4.79 Å². The minimum Gasteiger partial charge on any atom is -0.440 e. The van der Waals surface area contributed by atoms with Gasteiger partial charge >= 0.3 is 0 Å². The molecule has 0 aliphatic carbocycles. The van der Waals surface area contributed by atoms with E-state index in [-0.39, 0.29) is 17.6 Å². The molecule has 0 aliphatic heterocycles. The maximum Gasteiger partial charge on any atom is 0.226 e. The molecule has 1 amide bonds. The molecule has 30 heavy (non-hydrogen) atoms. The molecule has 2 aromatic heterocycles. The van der Waals surface area contributed by atoms with Gasteiger partial charge in [-0.2, -0.15) is 4.98 Å². The van der Waals surface area contributed by atoms with E-state index in [9.17, 15) is 9.18 Å². The van der Waals surface area contributed by atoms with E-state index in [1.54, 1.807) is 30.3 Å². The number of amides is 1. The lowest BCUT2D eigenvalue weighted by atomic mass is 10.2. The summed E-state index contributed by atoms with van der Waals surface area (Å²) < 4.78 is 23.9. The summed E-state index contributed by atoms with van der Waals surface area (Å²) in [5.74, 6) is 1.27.